The summed E-state index contributed by atoms with van der Waals surface area (Å²) < 4.78 is 0. The van der Waals surface area contributed by atoms with Crippen LogP contribution in [0.15, 0.2) is 17.4 Å². The number of aliphatic hydroxyl groups is 1. The van der Waals surface area contributed by atoms with Crippen LogP contribution in [-0.2, 0) is 0 Å². The molecule has 0 aromatic carbocycles. The third kappa shape index (κ3) is 3.40. The summed E-state index contributed by atoms with van der Waals surface area (Å²) in [7, 11) is 0. The molecule has 0 spiro atoms. The fourth-order valence-corrected chi connectivity index (χ4v) is 2.03. The van der Waals surface area contributed by atoms with Crippen molar-refractivity contribution in [2.24, 2.45) is 11.0 Å². The van der Waals surface area contributed by atoms with Gasteiger partial charge in [-0.2, -0.15) is 0 Å². The van der Waals surface area contributed by atoms with Gasteiger partial charge in [-0.15, -0.1) is 0 Å². The highest BCUT2D eigenvalue weighted by atomic mass is 16.3. The molecule has 1 N–H and O–H groups in total. The molecule has 0 heterocycles. The van der Waals surface area contributed by atoms with E-state index in [1.807, 2.05) is 0 Å². The molecule has 1 aliphatic rings. The fraction of sp³-hybridized carbons (Fsp3) is 0.800. The van der Waals surface area contributed by atoms with Crippen LogP contribution in [-0.4, -0.2) is 11.2 Å². The fourth-order valence-electron chi connectivity index (χ4n) is 2.03. The van der Waals surface area contributed by atoms with Crippen LogP contribution >= 0.6 is 0 Å². The average molecular weight is 195 g/mol. The molecule has 4 heteroatoms. The van der Waals surface area contributed by atoms with Crippen LogP contribution in [0.2, 0.25) is 0 Å². The number of rotatable bonds is 4. The second kappa shape index (κ2) is 5.68. The average Bonchev–Trinajstić information content (AvgIpc) is 2.19. The summed E-state index contributed by atoms with van der Waals surface area (Å²) in [5.74, 6) is 0.370. The molecular weight excluding hydrogens is 178 g/mol. The summed E-state index contributed by atoms with van der Waals surface area (Å²) >= 11 is 0. The van der Waals surface area contributed by atoms with Crippen molar-refractivity contribution < 1.29 is 5.11 Å². The van der Waals surface area contributed by atoms with E-state index in [0.717, 1.165) is 12.8 Å². The lowest BCUT2D eigenvalue weighted by Gasteiger charge is -2.26. The second-order valence-corrected chi connectivity index (χ2v) is 3.93. The van der Waals surface area contributed by atoms with Crippen molar-refractivity contribution in [3.05, 3.63) is 22.7 Å². The lowest BCUT2D eigenvalue weighted by atomic mass is 9.84. The first-order valence-electron chi connectivity index (χ1n) is 5.15. The summed E-state index contributed by atoms with van der Waals surface area (Å²) in [6, 6.07) is 0. The molecule has 1 saturated carbocycles. The predicted octanol–water partition coefficient (Wildman–Crippen LogP) is 3.14. The topological polar surface area (TPSA) is 69.0 Å². The highest BCUT2D eigenvalue weighted by molar-refractivity contribution is 4.95. The Balaban J connectivity index is 2.35. The maximum Gasteiger partial charge on any atom is 0.0607 e. The number of hydrogen-bond acceptors (Lipinski definition) is 2. The van der Waals surface area contributed by atoms with Gasteiger partial charge in [0.1, 0.15) is 0 Å². The minimum absolute atomic E-state index is 0.370. The van der Waals surface area contributed by atoms with Crippen molar-refractivity contribution in [3.8, 4) is 0 Å². The van der Waals surface area contributed by atoms with Crippen LogP contribution < -0.4 is 0 Å². The summed E-state index contributed by atoms with van der Waals surface area (Å²) in [6.45, 7) is 3.60. The Labute approximate surface area is 84.3 Å². The molecule has 0 amide bonds. The van der Waals surface area contributed by atoms with Gasteiger partial charge in [0, 0.05) is 17.0 Å². The highest BCUT2D eigenvalue weighted by Crippen LogP contribution is 2.28. The van der Waals surface area contributed by atoms with Gasteiger partial charge in [-0.3, -0.25) is 0 Å². The molecule has 1 fully saturated rings. The van der Waals surface area contributed by atoms with Gasteiger partial charge in [0.25, 0.3) is 0 Å². The largest absolute Gasteiger partial charge is 0.393 e. The molecule has 0 saturated heterocycles. The molecule has 14 heavy (non-hydrogen) atoms. The van der Waals surface area contributed by atoms with Crippen LogP contribution in [0.1, 0.15) is 38.5 Å². The Bertz CT molecular complexity index is 240. The standard InChI is InChI=1S/C10H17N3O/c1-8(12-13-11)7-10(14)9-5-3-2-4-6-9/h9-10,14H,1-7H2. The molecule has 78 valence electrons. The highest BCUT2D eigenvalue weighted by Gasteiger charge is 2.21. The summed E-state index contributed by atoms with van der Waals surface area (Å²) in [4.78, 5) is 2.65. The normalized spacial score (nSPS) is 19.8. The van der Waals surface area contributed by atoms with Gasteiger partial charge in [0.2, 0.25) is 0 Å². The summed E-state index contributed by atoms with van der Waals surface area (Å²) in [5, 5.41) is 13.2. The van der Waals surface area contributed by atoms with Crippen LogP contribution in [0.3, 0.4) is 0 Å². The lowest BCUT2D eigenvalue weighted by molar-refractivity contribution is 0.0849. The number of hydrogen-bond donors (Lipinski definition) is 1. The third-order valence-corrected chi connectivity index (χ3v) is 2.82. The molecule has 0 aromatic rings. The Kier molecular flexibility index (Phi) is 4.50. The zero-order chi connectivity index (χ0) is 10.4. The first-order valence-corrected chi connectivity index (χ1v) is 5.15. The molecule has 0 aliphatic heterocycles. The van der Waals surface area contributed by atoms with Gasteiger partial charge < -0.3 is 5.11 Å². The number of nitrogens with zero attached hydrogens (tertiary/aromatic N) is 3. The van der Waals surface area contributed by atoms with Crippen molar-refractivity contribution in [1.29, 1.82) is 0 Å². The Hall–Kier alpha value is -0.990. The van der Waals surface area contributed by atoms with E-state index in [-0.39, 0.29) is 6.10 Å². The van der Waals surface area contributed by atoms with Crippen LogP contribution in [0.5, 0.6) is 0 Å². The van der Waals surface area contributed by atoms with Crippen molar-refractivity contribution in [2.45, 2.75) is 44.6 Å². The SMILES string of the molecule is C=C(CC(O)C1CCCCC1)N=[N+]=[N-]. The van der Waals surface area contributed by atoms with E-state index < -0.39 is 0 Å². The Morgan fingerprint density at radius 2 is 2.14 bits per heavy atom. The maximum absolute atomic E-state index is 9.83. The maximum atomic E-state index is 9.83. The first kappa shape index (κ1) is 11.1. The van der Waals surface area contributed by atoms with E-state index >= 15 is 0 Å². The third-order valence-electron chi connectivity index (χ3n) is 2.82. The Morgan fingerprint density at radius 3 is 2.71 bits per heavy atom. The van der Waals surface area contributed by atoms with E-state index in [0.29, 0.717) is 18.0 Å². The minimum Gasteiger partial charge on any atom is -0.393 e. The van der Waals surface area contributed by atoms with E-state index in [2.05, 4.69) is 16.6 Å². The van der Waals surface area contributed by atoms with E-state index in [1.165, 1.54) is 19.3 Å². The molecule has 0 bridgehead atoms. The number of azide groups is 1. The molecule has 1 unspecified atom stereocenters. The van der Waals surface area contributed by atoms with Gasteiger partial charge in [-0.05, 0) is 24.3 Å². The van der Waals surface area contributed by atoms with Crippen LogP contribution in [0, 0.1) is 5.92 Å². The van der Waals surface area contributed by atoms with Crippen molar-refractivity contribution in [1.82, 2.24) is 0 Å². The quantitative estimate of drug-likeness (QED) is 0.418. The molecule has 4 nitrogen and oxygen atoms in total. The van der Waals surface area contributed by atoms with Gasteiger partial charge in [0.05, 0.1) is 6.10 Å². The molecule has 1 aliphatic carbocycles. The smallest absolute Gasteiger partial charge is 0.0607 e. The van der Waals surface area contributed by atoms with Crippen molar-refractivity contribution >= 4 is 0 Å². The van der Waals surface area contributed by atoms with Crippen molar-refractivity contribution in [3.63, 3.8) is 0 Å². The first-order chi connectivity index (χ1) is 6.74. The molecule has 0 aromatic heterocycles. The monoisotopic (exact) mass is 195 g/mol. The zero-order valence-corrected chi connectivity index (χ0v) is 8.39. The Morgan fingerprint density at radius 1 is 1.50 bits per heavy atom. The molecule has 1 rings (SSSR count). The van der Waals surface area contributed by atoms with Gasteiger partial charge >= 0.3 is 0 Å². The van der Waals surface area contributed by atoms with E-state index in [1.54, 1.807) is 0 Å². The van der Waals surface area contributed by atoms with Crippen molar-refractivity contribution in [2.75, 3.05) is 0 Å². The van der Waals surface area contributed by atoms with Gasteiger partial charge in [-0.25, -0.2) is 0 Å². The van der Waals surface area contributed by atoms with Gasteiger partial charge in [-0.1, -0.05) is 31.0 Å². The zero-order valence-electron chi connectivity index (χ0n) is 8.39. The second-order valence-electron chi connectivity index (χ2n) is 3.93. The molecular formula is C10H17N3O. The summed E-state index contributed by atoms with van der Waals surface area (Å²) in [6.07, 6.45) is 5.89. The van der Waals surface area contributed by atoms with E-state index in [9.17, 15) is 5.11 Å². The lowest BCUT2D eigenvalue weighted by Crippen LogP contribution is -2.22. The molecule has 1 atom stereocenters. The number of aliphatic hydroxyl groups excluding tert-OH is 1. The minimum atomic E-state index is -0.381. The van der Waals surface area contributed by atoms with E-state index in [4.69, 9.17) is 5.53 Å². The molecule has 0 radical (unpaired) electrons. The predicted molar refractivity (Wildman–Crippen MR) is 55.5 cm³/mol. The van der Waals surface area contributed by atoms with Crippen LogP contribution in [0.4, 0.5) is 0 Å². The van der Waals surface area contributed by atoms with Gasteiger partial charge in [0.15, 0.2) is 0 Å². The van der Waals surface area contributed by atoms with Crippen LogP contribution in [0.25, 0.3) is 10.4 Å². The summed E-state index contributed by atoms with van der Waals surface area (Å²) in [5.41, 5.74) is 8.61.